The largest absolute Gasteiger partial charge is 0.496 e. The first-order chi connectivity index (χ1) is 6.22. The molecule has 0 saturated heterocycles. The third kappa shape index (κ3) is 2.47. The topological polar surface area (TPSA) is 9.23 Å². The van der Waals surface area contributed by atoms with Crippen molar-refractivity contribution in [3.05, 3.63) is 28.8 Å². The maximum Gasteiger partial charge on any atom is 0.126 e. The van der Waals surface area contributed by atoms with Crippen LogP contribution < -0.4 is 4.74 Å². The summed E-state index contributed by atoms with van der Waals surface area (Å²) in [5.41, 5.74) is 3.68. The minimum absolute atomic E-state index is 0.831. The Kier molecular flexibility index (Phi) is 4.26. The fourth-order valence-electron chi connectivity index (χ4n) is 1.39. The molecule has 0 radical (unpaired) electrons. The number of methoxy groups -OCH3 is 1. The number of benzene rings is 1. The van der Waals surface area contributed by atoms with Gasteiger partial charge in [0, 0.05) is 21.8 Å². The molecule has 0 heterocycles. The molecular weight excluding hydrogens is 296 g/mol. The maximum atomic E-state index is 5.35. The summed E-state index contributed by atoms with van der Waals surface area (Å²) in [6.07, 6.45) is 0. The van der Waals surface area contributed by atoms with Gasteiger partial charge in [0.25, 0.3) is 0 Å². The monoisotopic (exact) mass is 306 g/mol. The van der Waals surface area contributed by atoms with Crippen LogP contribution in [0.15, 0.2) is 12.1 Å². The quantitative estimate of drug-likeness (QED) is 0.772. The number of alkyl halides is 2. The highest BCUT2D eigenvalue weighted by Crippen LogP contribution is 2.29. The van der Waals surface area contributed by atoms with E-state index in [0.29, 0.717) is 0 Å². The van der Waals surface area contributed by atoms with E-state index in [9.17, 15) is 0 Å². The second-order valence-corrected chi connectivity index (χ2v) is 4.01. The fourth-order valence-corrected chi connectivity index (χ4v) is 2.22. The van der Waals surface area contributed by atoms with Crippen molar-refractivity contribution in [2.24, 2.45) is 0 Å². The molecule has 1 rings (SSSR count). The molecule has 0 spiro atoms. The number of ether oxygens (including phenoxy) is 1. The molecule has 1 nitrogen and oxygen atoms in total. The Hall–Kier alpha value is -0.0200. The number of aryl methyl sites for hydroxylation is 1. The molecule has 0 aliphatic carbocycles. The minimum Gasteiger partial charge on any atom is -0.496 e. The van der Waals surface area contributed by atoms with E-state index in [-0.39, 0.29) is 0 Å². The molecule has 0 atom stereocenters. The highest BCUT2D eigenvalue weighted by atomic mass is 79.9. The Bertz CT molecular complexity index is 272. The molecule has 0 aromatic heterocycles. The second kappa shape index (κ2) is 5.01. The van der Waals surface area contributed by atoms with Gasteiger partial charge in [-0.2, -0.15) is 0 Å². The van der Waals surface area contributed by atoms with Crippen molar-refractivity contribution in [2.75, 3.05) is 7.11 Å². The van der Waals surface area contributed by atoms with Gasteiger partial charge in [-0.15, -0.1) is 0 Å². The van der Waals surface area contributed by atoms with Crippen LogP contribution in [0.25, 0.3) is 0 Å². The summed E-state index contributed by atoms with van der Waals surface area (Å²) in [5.74, 6) is 0.986. The summed E-state index contributed by atoms with van der Waals surface area (Å²) < 4.78 is 5.35. The molecule has 13 heavy (non-hydrogen) atoms. The lowest BCUT2D eigenvalue weighted by atomic mass is 10.1. The van der Waals surface area contributed by atoms with Gasteiger partial charge < -0.3 is 4.74 Å². The molecule has 0 amide bonds. The first-order valence-electron chi connectivity index (χ1n) is 4.01. The third-order valence-corrected chi connectivity index (χ3v) is 3.09. The van der Waals surface area contributed by atoms with E-state index in [1.165, 1.54) is 16.7 Å². The maximum absolute atomic E-state index is 5.35. The molecule has 1 aromatic carbocycles. The molecule has 72 valence electrons. The number of hydrogen-bond donors (Lipinski definition) is 0. The number of hydrogen-bond acceptors (Lipinski definition) is 1. The minimum atomic E-state index is 0.831. The van der Waals surface area contributed by atoms with E-state index < -0.39 is 0 Å². The summed E-state index contributed by atoms with van der Waals surface area (Å²) in [5, 5.41) is 1.66. The van der Waals surface area contributed by atoms with Crippen LogP contribution in [0.1, 0.15) is 16.7 Å². The van der Waals surface area contributed by atoms with E-state index in [2.05, 4.69) is 50.9 Å². The third-order valence-electron chi connectivity index (χ3n) is 1.88. The average molecular weight is 308 g/mol. The predicted molar refractivity (Wildman–Crippen MR) is 63.0 cm³/mol. The zero-order valence-electron chi connectivity index (χ0n) is 7.73. The number of halogens is 2. The molecule has 0 aliphatic rings. The summed E-state index contributed by atoms with van der Waals surface area (Å²) in [7, 11) is 1.71. The Labute approximate surface area is 95.7 Å². The Balaban J connectivity index is 3.25. The van der Waals surface area contributed by atoms with Crippen molar-refractivity contribution >= 4 is 31.9 Å². The number of rotatable bonds is 3. The van der Waals surface area contributed by atoms with Crippen molar-refractivity contribution in [2.45, 2.75) is 17.6 Å². The van der Waals surface area contributed by atoms with Crippen molar-refractivity contribution in [3.63, 3.8) is 0 Å². The summed E-state index contributed by atoms with van der Waals surface area (Å²) in [4.78, 5) is 0. The van der Waals surface area contributed by atoms with Crippen molar-refractivity contribution < 1.29 is 4.74 Å². The van der Waals surface area contributed by atoms with Crippen molar-refractivity contribution in [3.8, 4) is 5.75 Å². The fraction of sp³-hybridized carbons (Fsp3) is 0.400. The first kappa shape index (κ1) is 11.1. The zero-order valence-corrected chi connectivity index (χ0v) is 10.9. The van der Waals surface area contributed by atoms with Gasteiger partial charge in [-0.3, -0.25) is 0 Å². The zero-order chi connectivity index (χ0) is 9.84. The van der Waals surface area contributed by atoms with Crippen molar-refractivity contribution in [1.82, 2.24) is 0 Å². The lowest BCUT2D eigenvalue weighted by Crippen LogP contribution is -1.95. The smallest absolute Gasteiger partial charge is 0.126 e. The van der Waals surface area contributed by atoms with Crippen LogP contribution in [0.2, 0.25) is 0 Å². The molecule has 0 bridgehead atoms. The highest BCUT2D eigenvalue weighted by molar-refractivity contribution is 9.08. The van der Waals surface area contributed by atoms with Crippen LogP contribution in [0.3, 0.4) is 0 Å². The molecule has 3 heteroatoms. The summed E-state index contributed by atoms with van der Waals surface area (Å²) >= 11 is 6.90. The van der Waals surface area contributed by atoms with E-state index >= 15 is 0 Å². The lowest BCUT2D eigenvalue weighted by Gasteiger charge is -2.11. The van der Waals surface area contributed by atoms with Crippen LogP contribution in [-0.4, -0.2) is 7.11 Å². The van der Waals surface area contributed by atoms with E-state index in [4.69, 9.17) is 4.74 Å². The van der Waals surface area contributed by atoms with Crippen LogP contribution in [0.5, 0.6) is 5.75 Å². The van der Waals surface area contributed by atoms with Crippen LogP contribution in [0.4, 0.5) is 0 Å². The van der Waals surface area contributed by atoms with Gasteiger partial charge in [-0.05, 0) is 6.92 Å². The Morgan fingerprint density at radius 1 is 1.15 bits per heavy atom. The van der Waals surface area contributed by atoms with Gasteiger partial charge in [0.2, 0.25) is 0 Å². The van der Waals surface area contributed by atoms with Crippen LogP contribution in [-0.2, 0) is 10.7 Å². The molecular formula is C10H12Br2O. The van der Waals surface area contributed by atoms with Crippen molar-refractivity contribution in [1.29, 1.82) is 0 Å². The highest BCUT2D eigenvalue weighted by Gasteiger charge is 2.07. The Morgan fingerprint density at radius 2 is 1.62 bits per heavy atom. The van der Waals surface area contributed by atoms with Gasteiger partial charge in [0.05, 0.1) is 7.11 Å². The van der Waals surface area contributed by atoms with Gasteiger partial charge >= 0.3 is 0 Å². The second-order valence-electron chi connectivity index (χ2n) is 2.88. The summed E-state index contributed by atoms with van der Waals surface area (Å²) in [6, 6.07) is 4.28. The molecule has 0 fully saturated rings. The lowest BCUT2D eigenvalue weighted by molar-refractivity contribution is 0.408. The molecule has 1 aromatic rings. The Morgan fingerprint density at radius 3 is 1.92 bits per heavy atom. The first-order valence-corrected chi connectivity index (χ1v) is 6.25. The molecule has 0 saturated carbocycles. The molecule has 0 aliphatic heterocycles. The van der Waals surface area contributed by atoms with Gasteiger partial charge in [0.15, 0.2) is 0 Å². The predicted octanol–water partition coefficient (Wildman–Crippen LogP) is 3.79. The standard InChI is InChI=1S/C10H12Br2O/c1-7-3-8(5-11)10(13-2)9(4-7)6-12/h3-4H,5-6H2,1-2H3. The van der Waals surface area contributed by atoms with Crippen LogP contribution >= 0.6 is 31.9 Å². The van der Waals surface area contributed by atoms with Gasteiger partial charge in [-0.25, -0.2) is 0 Å². The van der Waals surface area contributed by atoms with Gasteiger partial charge in [-0.1, -0.05) is 49.6 Å². The molecule has 0 unspecified atom stereocenters. The SMILES string of the molecule is COc1c(CBr)cc(C)cc1CBr. The average Bonchev–Trinajstić information content (AvgIpc) is 2.16. The summed E-state index contributed by atoms with van der Waals surface area (Å²) in [6.45, 7) is 2.10. The van der Waals surface area contributed by atoms with Gasteiger partial charge in [0.1, 0.15) is 5.75 Å². The normalized spacial score (nSPS) is 10.2. The van der Waals surface area contributed by atoms with E-state index in [0.717, 1.165) is 16.4 Å². The van der Waals surface area contributed by atoms with E-state index in [1.54, 1.807) is 7.11 Å². The van der Waals surface area contributed by atoms with Crippen LogP contribution in [0, 0.1) is 6.92 Å². The molecule has 0 N–H and O–H groups in total. The van der Waals surface area contributed by atoms with E-state index in [1.807, 2.05) is 0 Å².